The number of carbonyl (C=O) groups is 1. The third-order valence-corrected chi connectivity index (χ3v) is 3.29. The van der Waals surface area contributed by atoms with E-state index in [0.717, 1.165) is 17.5 Å². The van der Waals surface area contributed by atoms with Gasteiger partial charge >= 0.3 is 0 Å². The molecule has 0 radical (unpaired) electrons. The van der Waals surface area contributed by atoms with Gasteiger partial charge in [-0.05, 0) is 24.1 Å². The van der Waals surface area contributed by atoms with Crippen LogP contribution in [0.3, 0.4) is 0 Å². The minimum atomic E-state index is -0.129. The van der Waals surface area contributed by atoms with Crippen molar-refractivity contribution in [2.45, 2.75) is 19.9 Å². The number of pyridine rings is 1. The number of amides is 1. The smallest absolute Gasteiger partial charge is 0.251 e. The molecule has 0 unspecified atom stereocenters. The van der Waals surface area contributed by atoms with Crippen LogP contribution in [-0.4, -0.2) is 29.2 Å². The van der Waals surface area contributed by atoms with Gasteiger partial charge in [-0.15, -0.1) is 0 Å². The summed E-state index contributed by atoms with van der Waals surface area (Å²) in [6, 6.07) is 9.18. The molecule has 1 aromatic heterocycles. The van der Waals surface area contributed by atoms with Crippen molar-refractivity contribution in [2.24, 2.45) is 0 Å². The number of hydrogen-bond donors (Lipinski definition) is 2. The third-order valence-electron chi connectivity index (χ3n) is 3.29. The summed E-state index contributed by atoms with van der Waals surface area (Å²) in [5.41, 5.74) is 2.44. The Balaban J connectivity index is 2.05. The Morgan fingerprint density at radius 3 is 2.86 bits per heavy atom. The second-order valence-electron chi connectivity index (χ2n) is 4.75. The maximum atomic E-state index is 12.3. The molecule has 1 heterocycles. The van der Waals surface area contributed by atoms with Crippen LogP contribution in [0.5, 0.6) is 5.75 Å². The molecule has 2 N–H and O–H groups in total. The lowest BCUT2D eigenvalue weighted by atomic mass is 10.1. The number of para-hydroxylation sites is 1. The Morgan fingerprint density at radius 1 is 1.27 bits per heavy atom. The summed E-state index contributed by atoms with van der Waals surface area (Å²) in [5, 5.41) is 11.7. The number of aliphatic hydroxyl groups excluding tert-OH is 1. The van der Waals surface area contributed by atoms with E-state index in [1.807, 2.05) is 31.2 Å². The van der Waals surface area contributed by atoms with Gasteiger partial charge in [-0.1, -0.05) is 25.1 Å². The molecule has 0 spiro atoms. The van der Waals surface area contributed by atoms with Crippen LogP contribution >= 0.6 is 0 Å². The average Bonchev–Trinajstić information content (AvgIpc) is 2.58. The first kappa shape index (κ1) is 16.0. The predicted molar refractivity (Wildman–Crippen MR) is 83.8 cm³/mol. The van der Waals surface area contributed by atoms with Gasteiger partial charge in [-0.3, -0.25) is 9.78 Å². The minimum absolute atomic E-state index is 0.0441. The van der Waals surface area contributed by atoms with Crippen LogP contribution in [0.25, 0.3) is 0 Å². The Hall–Kier alpha value is -2.40. The van der Waals surface area contributed by atoms with Crippen LogP contribution in [0.4, 0.5) is 0 Å². The van der Waals surface area contributed by atoms with Gasteiger partial charge in [-0.25, -0.2) is 0 Å². The largest absolute Gasteiger partial charge is 0.491 e. The summed E-state index contributed by atoms with van der Waals surface area (Å²) in [5.74, 6) is 0.540. The van der Waals surface area contributed by atoms with Gasteiger partial charge in [0, 0.05) is 30.1 Å². The van der Waals surface area contributed by atoms with Gasteiger partial charge in [0.2, 0.25) is 0 Å². The highest BCUT2D eigenvalue weighted by atomic mass is 16.5. The van der Waals surface area contributed by atoms with E-state index >= 15 is 0 Å². The number of nitrogens with zero attached hydrogens (tertiary/aromatic N) is 1. The van der Waals surface area contributed by atoms with Crippen LogP contribution in [0.15, 0.2) is 42.7 Å². The third kappa shape index (κ3) is 4.05. The summed E-state index contributed by atoms with van der Waals surface area (Å²) in [4.78, 5) is 16.3. The fourth-order valence-electron chi connectivity index (χ4n) is 2.15. The zero-order valence-electron chi connectivity index (χ0n) is 12.6. The molecule has 0 saturated heterocycles. The monoisotopic (exact) mass is 300 g/mol. The van der Waals surface area contributed by atoms with Crippen molar-refractivity contribution in [1.29, 1.82) is 0 Å². The number of nitrogens with one attached hydrogen (secondary N) is 1. The van der Waals surface area contributed by atoms with Crippen LogP contribution in [0.2, 0.25) is 0 Å². The summed E-state index contributed by atoms with van der Waals surface area (Å²) in [6.07, 6.45) is 4.09. The Bertz CT molecular complexity index is 629. The van der Waals surface area contributed by atoms with Crippen LogP contribution in [0.1, 0.15) is 28.4 Å². The number of carbonyl (C=O) groups excluding carboxylic acids is 1. The predicted octanol–water partition coefficient (Wildman–Crippen LogP) is 1.95. The number of hydrogen-bond acceptors (Lipinski definition) is 4. The van der Waals surface area contributed by atoms with Crippen LogP contribution in [-0.2, 0) is 13.0 Å². The Morgan fingerprint density at radius 2 is 2.09 bits per heavy atom. The van der Waals surface area contributed by atoms with Crippen LogP contribution in [0, 0.1) is 0 Å². The normalized spacial score (nSPS) is 10.3. The number of ether oxygens (including phenoxy) is 1. The van der Waals surface area contributed by atoms with Crippen molar-refractivity contribution < 1.29 is 14.6 Å². The zero-order valence-corrected chi connectivity index (χ0v) is 12.6. The lowest BCUT2D eigenvalue weighted by Crippen LogP contribution is -2.24. The fourth-order valence-corrected chi connectivity index (χ4v) is 2.15. The fraction of sp³-hybridized carbons (Fsp3) is 0.294. The van der Waals surface area contributed by atoms with E-state index in [2.05, 4.69) is 10.3 Å². The summed E-state index contributed by atoms with van der Waals surface area (Å²) in [7, 11) is 0. The van der Waals surface area contributed by atoms with Crippen molar-refractivity contribution in [3.8, 4) is 5.75 Å². The maximum absolute atomic E-state index is 12.3. The molecule has 0 aliphatic rings. The molecule has 0 atom stereocenters. The number of aryl methyl sites for hydroxylation is 1. The number of benzene rings is 1. The molecule has 1 amide bonds. The minimum Gasteiger partial charge on any atom is -0.491 e. The average molecular weight is 300 g/mol. The van der Waals surface area contributed by atoms with Gasteiger partial charge in [0.15, 0.2) is 0 Å². The molecular formula is C17H20N2O3. The quantitative estimate of drug-likeness (QED) is 0.820. The molecule has 1 aromatic carbocycles. The van der Waals surface area contributed by atoms with Crippen molar-refractivity contribution in [2.75, 3.05) is 13.2 Å². The lowest BCUT2D eigenvalue weighted by molar-refractivity contribution is 0.0949. The van der Waals surface area contributed by atoms with Crippen molar-refractivity contribution in [1.82, 2.24) is 10.3 Å². The molecule has 22 heavy (non-hydrogen) atoms. The van der Waals surface area contributed by atoms with Crippen molar-refractivity contribution >= 4 is 5.91 Å². The van der Waals surface area contributed by atoms with Crippen molar-refractivity contribution in [3.63, 3.8) is 0 Å². The first-order valence-corrected chi connectivity index (χ1v) is 7.29. The Kier molecular flexibility index (Phi) is 5.91. The number of rotatable bonds is 7. The molecule has 0 bridgehead atoms. The second-order valence-corrected chi connectivity index (χ2v) is 4.75. The molecule has 116 valence electrons. The maximum Gasteiger partial charge on any atom is 0.251 e. The van der Waals surface area contributed by atoms with E-state index in [4.69, 9.17) is 9.84 Å². The van der Waals surface area contributed by atoms with E-state index in [0.29, 0.717) is 17.9 Å². The molecule has 0 aliphatic carbocycles. The lowest BCUT2D eigenvalue weighted by Gasteiger charge is -2.12. The number of aromatic nitrogens is 1. The second kappa shape index (κ2) is 8.14. The summed E-state index contributed by atoms with van der Waals surface area (Å²) >= 11 is 0. The molecule has 5 nitrogen and oxygen atoms in total. The molecule has 2 aromatic rings. The molecule has 0 fully saturated rings. The van der Waals surface area contributed by atoms with E-state index in [1.165, 1.54) is 0 Å². The molecule has 0 saturated carbocycles. The molecule has 0 aliphatic heterocycles. The topological polar surface area (TPSA) is 71.5 Å². The zero-order chi connectivity index (χ0) is 15.8. The van der Waals surface area contributed by atoms with E-state index in [1.54, 1.807) is 18.5 Å². The highest BCUT2D eigenvalue weighted by Gasteiger charge is 2.11. The first-order valence-electron chi connectivity index (χ1n) is 7.29. The SMILES string of the molecule is CCc1cnccc1C(=O)NCc1ccccc1OCCO. The van der Waals surface area contributed by atoms with Crippen LogP contribution < -0.4 is 10.1 Å². The highest BCUT2D eigenvalue weighted by molar-refractivity contribution is 5.95. The van der Waals surface area contributed by atoms with Gasteiger partial charge < -0.3 is 15.2 Å². The summed E-state index contributed by atoms with van der Waals surface area (Å²) < 4.78 is 5.46. The number of aliphatic hydroxyl groups is 1. The highest BCUT2D eigenvalue weighted by Crippen LogP contribution is 2.18. The van der Waals surface area contributed by atoms with Gasteiger partial charge in [-0.2, -0.15) is 0 Å². The van der Waals surface area contributed by atoms with Gasteiger partial charge in [0.1, 0.15) is 12.4 Å². The molecule has 2 rings (SSSR count). The molecular weight excluding hydrogens is 280 g/mol. The van der Waals surface area contributed by atoms with E-state index < -0.39 is 0 Å². The van der Waals surface area contributed by atoms with Gasteiger partial charge in [0.25, 0.3) is 5.91 Å². The Labute approximate surface area is 130 Å². The van der Waals surface area contributed by atoms with Gasteiger partial charge in [0.05, 0.1) is 6.61 Å². The first-order chi connectivity index (χ1) is 10.8. The van der Waals surface area contributed by atoms with E-state index in [9.17, 15) is 4.79 Å². The van der Waals surface area contributed by atoms with E-state index in [-0.39, 0.29) is 19.1 Å². The standard InChI is InChI=1S/C17H20N2O3/c1-2-13-11-18-8-7-15(13)17(21)19-12-14-5-3-4-6-16(14)22-10-9-20/h3-8,11,20H,2,9-10,12H2,1H3,(H,19,21). The van der Waals surface area contributed by atoms with Crippen molar-refractivity contribution in [3.05, 3.63) is 59.4 Å². The summed E-state index contributed by atoms with van der Waals surface area (Å²) in [6.45, 7) is 2.55. The molecule has 5 heteroatoms.